The zero-order chi connectivity index (χ0) is 10.7. The number of aromatic nitrogens is 1. The van der Waals surface area contributed by atoms with Crippen LogP contribution >= 0.6 is 0 Å². The fraction of sp³-hybridized carbons (Fsp3) is 0.400. The monoisotopic (exact) mass is 207 g/mol. The SMILES string of the molecule is NC(=O)Oc1ccc(N2CCCC2)nc1. The Labute approximate surface area is 87.8 Å². The lowest BCUT2D eigenvalue weighted by atomic mass is 10.4. The second kappa shape index (κ2) is 4.16. The summed E-state index contributed by atoms with van der Waals surface area (Å²) in [7, 11) is 0. The Hall–Kier alpha value is -1.78. The maximum Gasteiger partial charge on any atom is 0.410 e. The van der Waals surface area contributed by atoms with Crippen molar-refractivity contribution in [2.75, 3.05) is 18.0 Å². The first kappa shape index (κ1) is 9.76. The van der Waals surface area contributed by atoms with Gasteiger partial charge in [0.1, 0.15) is 5.82 Å². The first-order chi connectivity index (χ1) is 7.25. The topological polar surface area (TPSA) is 68.5 Å². The smallest absolute Gasteiger partial charge is 0.409 e. The van der Waals surface area contributed by atoms with E-state index in [2.05, 4.69) is 14.6 Å². The summed E-state index contributed by atoms with van der Waals surface area (Å²) in [6, 6.07) is 3.54. The fourth-order valence-electron chi connectivity index (χ4n) is 1.68. The van der Waals surface area contributed by atoms with Gasteiger partial charge in [0.2, 0.25) is 0 Å². The van der Waals surface area contributed by atoms with Crippen molar-refractivity contribution in [2.24, 2.45) is 5.73 Å². The zero-order valence-corrected chi connectivity index (χ0v) is 8.35. The highest BCUT2D eigenvalue weighted by Gasteiger charge is 2.13. The molecule has 1 aromatic rings. The third kappa shape index (κ3) is 2.37. The van der Waals surface area contributed by atoms with Crippen molar-refractivity contribution in [1.29, 1.82) is 0 Å². The number of primary amides is 1. The van der Waals surface area contributed by atoms with Gasteiger partial charge in [-0.15, -0.1) is 0 Å². The summed E-state index contributed by atoms with van der Waals surface area (Å²) < 4.78 is 4.69. The first-order valence-electron chi connectivity index (χ1n) is 4.94. The molecule has 1 amide bonds. The average Bonchev–Trinajstić information content (AvgIpc) is 2.71. The van der Waals surface area contributed by atoms with Crippen LogP contribution in [0.4, 0.5) is 10.6 Å². The normalized spacial score (nSPS) is 15.3. The van der Waals surface area contributed by atoms with Crippen molar-refractivity contribution in [3.63, 3.8) is 0 Å². The zero-order valence-electron chi connectivity index (χ0n) is 8.35. The lowest BCUT2D eigenvalue weighted by Crippen LogP contribution is -2.19. The Balaban J connectivity index is 2.06. The van der Waals surface area contributed by atoms with Crippen molar-refractivity contribution in [3.8, 4) is 5.75 Å². The van der Waals surface area contributed by atoms with E-state index in [0.717, 1.165) is 18.9 Å². The number of anilines is 1. The summed E-state index contributed by atoms with van der Waals surface area (Å²) in [6.45, 7) is 2.09. The maximum absolute atomic E-state index is 10.5. The van der Waals surface area contributed by atoms with Crippen molar-refractivity contribution in [3.05, 3.63) is 18.3 Å². The molecule has 15 heavy (non-hydrogen) atoms. The molecule has 0 bridgehead atoms. The minimum Gasteiger partial charge on any atom is -0.409 e. The van der Waals surface area contributed by atoms with Crippen LogP contribution in [-0.2, 0) is 0 Å². The van der Waals surface area contributed by atoms with Gasteiger partial charge in [0.05, 0.1) is 6.20 Å². The van der Waals surface area contributed by atoms with Crippen LogP contribution < -0.4 is 15.4 Å². The molecule has 0 aliphatic carbocycles. The summed E-state index contributed by atoms with van der Waals surface area (Å²) in [5, 5.41) is 0. The molecule has 5 heteroatoms. The second-order valence-electron chi connectivity index (χ2n) is 3.47. The van der Waals surface area contributed by atoms with E-state index in [0.29, 0.717) is 5.75 Å². The number of nitrogens with two attached hydrogens (primary N) is 1. The highest BCUT2D eigenvalue weighted by atomic mass is 16.5. The highest BCUT2D eigenvalue weighted by molar-refractivity contribution is 5.68. The molecule has 1 aliphatic heterocycles. The number of amides is 1. The van der Waals surface area contributed by atoms with Gasteiger partial charge in [-0.25, -0.2) is 9.78 Å². The van der Waals surface area contributed by atoms with Crippen molar-refractivity contribution >= 4 is 11.9 Å². The minimum absolute atomic E-state index is 0.380. The number of pyridine rings is 1. The standard InChI is InChI=1S/C10H13N3O2/c11-10(14)15-8-3-4-9(12-7-8)13-5-1-2-6-13/h3-4,7H,1-2,5-6H2,(H2,11,14). The Morgan fingerprint density at radius 2 is 2.13 bits per heavy atom. The van der Waals surface area contributed by atoms with Gasteiger partial charge in [0, 0.05) is 13.1 Å². The van der Waals surface area contributed by atoms with E-state index in [1.807, 2.05) is 6.07 Å². The van der Waals surface area contributed by atoms with Crippen LogP contribution in [0.15, 0.2) is 18.3 Å². The number of hydrogen-bond donors (Lipinski definition) is 1. The predicted octanol–water partition coefficient (Wildman–Crippen LogP) is 1.14. The van der Waals surface area contributed by atoms with Crippen LogP contribution in [0.5, 0.6) is 5.75 Å². The van der Waals surface area contributed by atoms with Gasteiger partial charge >= 0.3 is 6.09 Å². The predicted molar refractivity (Wildman–Crippen MR) is 55.9 cm³/mol. The third-order valence-electron chi connectivity index (χ3n) is 2.37. The maximum atomic E-state index is 10.5. The molecule has 1 saturated heterocycles. The Morgan fingerprint density at radius 1 is 1.40 bits per heavy atom. The molecule has 0 unspecified atom stereocenters. The number of ether oxygens (including phenoxy) is 1. The van der Waals surface area contributed by atoms with Crippen LogP contribution in [0, 0.1) is 0 Å². The molecule has 0 atom stereocenters. The molecule has 1 aromatic heterocycles. The van der Waals surface area contributed by atoms with E-state index >= 15 is 0 Å². The molecular formula is C10H13N3O2. The minimum atomic E-state index is -0.814. The lowest BCUT2D eigenvalue weighted by molar-refractivity contribution is 0.210. The van der Waals surface area contributed by atoms with Gasteiger partial charge in [-0.2, -0.15) is 0 Å². The molecule has 1 fully saturated rings. The van der Waals surface area contributed by atoms with Gasteiger partial charge in [-0.05, 0) is 25.0 Å². The van der Waals surface area contributed by atoms with Crippen molar-refractivity contribution in [2.45, 2.75) is 12.8 Å². The van der Waals surface area contributed by atoms with Gasteiger partial charge in [0.15, 0.2) is 5.75 Å². The van der Waals surface area contributed by atoms with Gasteiger partial charge in [-0.3, -0.25) is 0 Å². The Kier molecular flexibility index (Phi) is 2.71. The van der Waals surface area contributed by atoms with E-state index in [-0.39, 0.29) is 0 Å². The molecule has 0 radical (unpaired) electrons. The van der Waals surface area contributed by atoms with Crippen LogP contribution in [0.2, 0.25) is 0 Å². The highest BCUT2D eigenvalue weighted by Crippen LogP contribution is 2.19. The fourth-order valence-corrected chi connectivity index (χ4v) is 1.68. The number of hydrogen-bond acceptors (Lipinski definition) is 4. The second-order valence-corrected chi connectivity index (χ2v) is 3.47. The molecule has 2 heterocycles. The molecule has 0 aromatic carbocycles. The van der Waals surface area contributed by atoms with E-state index in [1.54, 1.807) is 6.07 Å². The third-order valence-corrected chi connectivity index (χ3v) is 2.37. The molecule has 2 N–H and O–H groups in total. The van der Waals surface area contributed by atoms with Crippen LogP contribution in [0.3, 0.4) is 0 Å². The summed E-state index contributed by atoms with van der Waals surface area (Å²) in [5.41, 5.74) is 4.89. The van der Waals surface area contributed by atoms with Gasteiger partial charge in [0.25, 0.3) is 0 Å². The summed E-state index contributed by atoms with van der Waals surface area (Å²) in [5.74, 6) is 1.30. The molecular weight excluding hydrogens is 194 g/mol. The molecule has 80 valence electrons. The van der Waals surface area contributed by atoms with E-state index < -0.39 is 6.09 Å². The molecule has 0 spiro atoms. The van der Waals surface area contributed by atoms with Gasteiger partial charge < -0.3 is 15.4 Å². The Morgan fingerprint density at radius 3 is 2.67 bits per heavy atom. The average molecular weight is 207 g/mol. The van der Waals surface area contributed by atoms with Crippen LogP contribution in [0.25, 0.3) is 0 Å². The number of nitrogens with zero attached hydrogens (tertiary/aromatic N) is 2. The van der Waals surface area contributed by atoms with Gasteiger partial charge in [-0.1, -0.05) is 0 Å². The van der Waals surface area contributed by atoms with Crippen LogP contribution in [-0.4, -0.2) is 24.2 Å². The molecule has 0 saturated carbocycles. The summed E-state index contributed by atoms with van der Waals surface area (Å²) in [6.07, 6.45) is 3.12. The summed E-state index contributed by atoms with van der Waals surface area (Å²) >= 11 is 0. The van der Waals surface area contributed by atoms with Crippen LogP contribution in [0.1, 0.15) is 12.8 Å². The molecule has 1 aliphatic rings. The van der Waals surface area contributed by atoms with E-state index in [9.17, 15) is 4.79 Å². The first-order valence-corrected chi connectivity index (χ1v) is 4.94. The number of carbonyl (C=O) groups is 1. The number of carbonyl (C=O) groups excluding carboxylic acids is 1. The van der Waals surface area contributed by atoms with E-state index in [1.165, 1.54) is 19.0 Å². The summed E-state index contributed by atoms with van der Waals surface area (Å²) in [4.78, 5) is 16.9. The van der Waals surface area contributed by atoms with Crippen molar-refractivity contribution < 1.29 is 9.53 Å². The molecule has 5 nitrogen and oxygen atoms in total. The molecule has 2 rings (SSSR count). The quantitative estimate of drug-likeness (QED) is 0.789. The lowest BCUT2D eigenvalue weighted by Gasteiger charge is -2.15. The van der Waals surface area contributed by atoms with E-state index in [4.69, 9.17) is 5.73 Å². The van der Waals surface area contributed by atoms with Crippen molar-refractivity contribution in [1.82, 2.24) is 4.98 Å². The number of rotatable bonds is 2. The largest absolute Gasteiger partial charge is 0.410 e. The Bertz CT molecular complexity index is 344.